The van der Waals surface area contributed by atoms with Crippen molar-refractivity contribution in [2.24, 2.45) is 0 Å². The Bertz CT molecular complexity index is 973. The highest BCUT2D eigenvalue weighted by atomic mass is 16.5. The van der Waals surface area contributed by atoms with Crippen molar-refractivity contribution < 1.29 is 38.4 Å². The van der Waals surface area contributed by atoms with E-state index in [1.165, 1.54) is 0 Å². The van der Waals surface area contributed by atoms with Crippen LogP contribution in [0.5, 0.6) is 5.75 Å². The lowest BCUT2D eigenvalue weighted by atomic mass is 9.87. The molecule has 224 valence electrons. The Morgan fingerprint density at radius 1 is 0.950 bits per heavy atom. The molecule has 0 radical (unpaired) electrons. The van der Waals surface area contributed by atoms with Gasteiger partial charge in [-0.3, -0.25) is 9.59 Å². The molecule has 40 heavy (non-hydrogen) atoms. The third kappa shape index (κ3) is 9.12. The van der Waals surface area contributed by atoms with E-state index in [0.717, 1.165) is 11.1 Å². The number of nitrogens with one attached hydrogen (secondary N) is 1. The van der Waals surface area contributed by atoms with Crippen LogP contribution in [-0.2, 0) is 41.4 Å². The molecular formula is C29H45N3O8. The maximum absolute atomic E-state index is 12.8. The summed E-state index contributed by atoms with van der Waals surface area (Å²) in [6.45, 7) is 10.9. The van der Waals surface area contributed by atoms with E-state index >= 15 is 0 Å². The van der Waals surface area contributed by atoms with Crippen molar-refractivity contribution in [2.45, 2.75) is 57.5 Å². The lowest BCUT2D eigenvalue weighted by molar-refractivity contribution is -0.153. The molecule has 3 aliphatic rings. The fourth-order valence-corrected chi connectivity index (χ4v) is 5.02. The molecular weight excluding hydrogens is 518 g/mol. The third-order valence-electron chi connectivity index (χ3n) is 7.34. The molecule has 2 saturated heterocycles. The second-order valence-electron chi connectivity index (χ2n) is 11.6. The van der Waals surface area contributed by atoms with Crippen molar-refractivity contribution >= 4 is 11.8 Å². The zero-order valence-corrected chi connectivity index (χ0v) is 24.1. The monoisotopic (exact) mass is 563 g/mol. The van der Waals surface area contributed by atoms with Gasteiger partial charge >= 0.3 is 0 Å². The number of β-amino-alcohol motifs (C(OH)–C–C–N with tert-alkyl or cyclic N) is 1. The van der Waals surface area contributed by atoms with E-state index in [1.54, 1.807) is 9.80 Å². The van der Waals surface area contributed by atoms with Crippen LogP contribution in [0.25, 0.3) is 0 Å². The second-order valence-corrected chi connectivity index (χ2v) is 11.6. The highest BCUT2D eigenvalue weighted by Crippen LogP contribution is 2.32. The van der Waals surface area contributed by atoms with E-state index in [1.807, 2.05) is 39.0 Å². The molecule has 3 atom stereocenters. The molecule has 2 heterocycles. The van der Waals surface area contributed by atoms with Crippen LogP contribution >= 0.6 is 0 Å². The maximum Gasteiger partial charge on any atom is 0.248 e. The number of carbonyl (C=O) groups excluding carboxylic acids is 2. The summed E-state index contributed by atoms with van der Waals surface area (Å²) in [5.41, 5.74) is 1.92. The zero-order chi connectivity index (χ0) is 28.5. The predicted octanol–water partition coefficient (Wildman–Crippen LogP) is 0.401. The molecule has 2 amide bonds. The number of hydrogen-bond donors (Lipinski definition) is 2. The third-order valence-corrected chi connectivity index (χ3v) is 7.34. The first kappa shape index (κ1) is 30.7. The van der Waals surface area contributed by atoms with E-state index in [4.69, 9.17) is 23.7 Å². The molecule has 2 fully saturated rings. The summed E-state index contributed by atoms with van der Waals surface area (Å²) in [5, 5.41) is 13.7. The number of aliphatic hydroxyl groups is 1. The number of hydrogen-bond acceptors (Lipinski definition) is 9. The summed E-state index contributed by atoms with van der Waals surface area (Å²) in [5.74, 6) is 0.520. The van der Waals surface area contributed by atoms with Gasteiger partial charge in [0.25, 0.3) is 0 Å². The molecule has 2 aliphatic heterocycles. The number of aliphatic hydroxyl groups excluding tert-OH is 1. The minimum Gasteiger partial charge on any atom is -0.491 e. The Kier molecular flexibility index (Phi) is 11.2. The second kappa shape index (κ2) is 14.6. The van der Waals surface area contributed by atoms with Gasteiger partial charge < -0.3 is 43.9 Å². The van der Waals surface area contributed by atoms with Crippen molar-refractivity contribution in [1.29, 1.82) is 0 Å². The average Bonchev–Trinajstić information content (AvgIpc) is 2.96. The molecule has 1 aromatic rings. The lowest BCUT2D eigenvalue weighted by Crippen LogP contribution is -2.47. The number of nitrogens with zero attached hydrogens (tertiary/aromatic N) is 2. The first-order valence-electron chi connectivity index (χ1n) is 14.3. The van der Waals surface area contributed by atoms with Gasteiger partial charge in [-0.2, -0.15) is 0 Å². The molecule has 0 bridgehead atoms. The number of morpholine rings is 2. The van der Waals surface area contributed by atoms with Crippen LogP contribution < -0.4 is 10.1 Å². The molecule has 0 aromatic heterocycles. The van der Waals surface area contributed by atoms with Gasteiger partial charge in [0.15, 0.2) is 0 Å². The number of carbonyl (C=O) groups is 2. The number of rotatable bonds is 11. The Morgan fingerprint density at radius 3 is 2.05 bits per heavy atom. The first-order chi connectivity index (χ1) is 19.2. The van der Waals surface area contributed by atoms with Gasteiger partial charge in [0.05, 0.1) is 38.6 Å². The summed E-state index contributed by atoms with van der Waals surface area (Å²) >= 11 is 0. The standard InChI is InChI=1S/C29H45N3O8/c1-29(2,3)30-17-22(33)18-38-24-6-4-5-21-15-25(39-19-27(34)31-7-11-36-12-8-31)26(16-23(21)24)40-20-28(35)32-9-13-37-14-10-32/h4-6,22,25-26,30,33H,7-20H2,1-3H3/t22?,25-,26+/m0/s1. The maximum atomic E-state index is 12.8. The first-order valence-corrected chi connectivity index (χ1v) is 14.3. The average molecular weight is 564 g/mol. The van der Waals surface area contributed by atoms with Gasteiger partial charge in [0, 0.05) is 56.7 Å². The molecule has 4 rings (SSSR count). The molecule has 11 nitrogen and oxygen atoms in total. The van der Waals surface area contributed by atoms with Crippen LogP contribution in [0.1, 0.15) is 31.9 Å². The lowest BCUT2D eigenvalue weighted by Gasteiger charge is -2.35. The molecule has 2 N–H and O–H groups in total. The van der Waals surface area contributed by atoms with Gasteiger partial charge in [-0.1, -0.05) is 12.1 Å². The summed E-state index contributed by atoms with van der Waals surface area (Å²) in [7, 11) is 0. The van der Waals surface area contributed by atoms with Crippen molar-refractivity contribution in [3.8, 4) is 5.75 Å². The Hall–Kier alpha value is -2.28. The van der Waals surface area contributed by atoms with Crippen LogP contribution in [-0.4, -0.2) is 130 Å². The molecule has 1 aliphatic carbocycles. The van der Waals surface area contributed by atoms with Crippen molar-refractivity contribution in [1.82, 2.24) is 15.1 Å². The molecule has 1 aromatic carbocycles. The van der Waals surface area contributed by atoms with Crippen LogP contribution in [0.4, 0.5) is 0 Å². The van der Waals surface area contributed by atoms with Crippen LogP contribution in [0, 0.1) is 0 Å². The van der Waals surface area contributed by atoms with Gasteiger partial charge in [-0.15, -0.1) is 0 Å². The van der Waals surface area contributed by atoms with Crippen LogP contribution in [0.3, 0.4) is 0 Å². The minimum atomic E-state index is -0.667. The van der Waals surface area contributed by atoms with Crippen molar-refractivity contribution in [3.63, 3.8) is 0 Å². The largest absolute Gasteiger partial charge is 0.491 e. The Labute approximate surface area is 237 Å². The van der Waals surface area contributed by atoms with E-state index in [9.17, 15) is 14.7 Å². The van der Waals surface area contributed by atoms with Crippen LogP contribution in [0.2, 0.25) is 0 Å². The minimum absolute atomic E-state index is 0.0551. The Balaban J connectivity index is 1.41. The molecule has 1 unspecified atom stereocenters. The van der Waals surface area contributed by atoms with E-state index < -0.39 is 18.3 Å². The van der Waals surface area contributed by atoms with Crippen molar-refractivity contribution in [3.05, 3.63) is 29.3 Å². The quantitative estimate of drug-likeness (QED) is 0.394. The fraction of sp³-hybridized carbons (Fsp3) is 0.724. The molecule has 0 saturated carbocycles. The van der Waals surface area contributed by atoms with Gasteiger partial charge in [0.2, 0.25) is 11.8 Å². The van der Waals surface area contributed by atoms with Crippen LogP contribution in [0.15, 0.2) is 18.2 Å². The SMILES string of the molecule is CC(C)(C)NCC(O)COc1cccc2c1C[C@@H](OCC(=O)N1CCOCC1)[C@@H](OCC(=O)N1CCOCC1)C2. The van der Waals surface area contributed by atoms with E-state index in [-0.39, 0.29) is 37.2 Å². The van der Waals surface area contributed by atoms with E-state index in [2.05, 4.69) is 5.32 Å². The Morgan fingerprint density at radius 2 is 1.50 bits per heavy atom. The highest BCUT2D eigenvalue weighted by molar-refractivity contribution is 5.78. The fourth-order valence-electron chi connectivity index (χ4n) is 5.02. The summed E-state index contributed by atoms with van der Waals surface area (Å²) < 4.78 is 29.1. The number of benzene rings is 1. The predicted molar refractivity (Wildman–Crippen MR) is 147 cm³/mol. The topological polar surface area (TPSA) is 119 Å². The van der Waals surface area contributed by atoms with Gasteiger partial charge in [-0.25, -0.2) is 0 Å². The van der Waals surface area contributed by atoms with Crippen molar-refractivity contribution in [2.75, 3.05) is 79.0 Å². The number of ether oxygens (including phenoxy) is 5. The van der Waals surface area contributed by atoms with E-state index in [0.29, 0.717) is 77.7 Å². The zero-order valence-electron chi connectivity index (χ0n) is 24.1. The molecule has 11 heteroatoms. The number of amides is 2. The smallest absolute Gasteiger partial charge is 0.248 e. The number of fused-ring (bicyclic) bond motifs is 1. The van der Waals surface area contributed by atoms with Gasteiger partial charge in [-0.05, 0) is 32.4 Å². The molecule has 0 spiro atoms. The summed E-state index contributed by atoms with van der Waals surface area (Å²) in [4.78, 5) is 29.1. The van der Waals surface area contributed by atoms with Gasteiger partial charge in [0.1, 0.15) is 31.7 Å². The highest BCUT2D eigenvalue weighted by Gasteiger charge is 2.34. The summed E-state index contributed by atoms with van der Waals surface area (Å²) in [6, 6.07) is 5.84. The summed E-state index contributed by atoms with van der Waals surface area (Å²) in [6.07, 6.45) is -0.513. The normalized spacial score (nSPS) is 22.5.